The molecule has 2 aromatic carbocycles. The lowest BCUT2D eigenvalue weighted by atomic mass is 10.2. The molecule has 0 aromatic heterocycles. The molecule has 0 N–H and O–H groups in total. The summed E-state index contributed by atoms with van der Waals surface area (Å²) in [5, 5.41) is 8.83. The summed E-state index contributed by atoms with van der Waals surface area (Å²) in [6, 6.07) is 9.13. The minimum absolute atomic E-state index is 0.00627. The van der Waals surface area contributed by atoms with E-state index in [1.807, 2.05) is 0 Å². The number of ether oxygens (including phenoxy) is 1. The molecule has 0 radical (unpaired) electrons. The lowest BCUT2D eigenvalue weighted by molar-refractivity contribution is -0.137. The summed E-state index contributed by atoms with van der Waals surface area (Å²) in [5.74, 6) is -0.714. The monoisotopic (exact) mass is 281 g/mol. The Morgan fingerprint density at radius 3 is 2.45 bits per heavy atom. The minimum atomic E-state index is -4.49. The summed E-state index contributed by atoms with van der Waals surface area (Å²) in [5.41, 5.74) is -0.960. The highest BCUT2D eigenvalue weighted by Gasteiger charge is 2.30. The standard InChI is InChI=1S/C14H7F4NO/c15-11-4-5-13(9(6-11)8-19)20-12-3-1-2-10(7-12)14(16,17)18/h1-7H. The number of hydrogen-bond acceptors (Lipinski definition) is 2. The molecule has 0 aliphatic carbocycles. The van der Waals surface area contributed by atoms with E-state index in [9.17, 15) is 17.6 Å². The maximum atomic E-state index is 12.9. The zero-order chi connectivity index (χ0) is 14.8. The highest BCUT2D eigenvalue weighted by Crippen LogP contribution is 2.33. The number of nitriles is 1. The molecule has 0 amide bonds. The van der Waals surface area contributed by atoms with Gasteiger partial charge in [0.1, 0.15) is 23.4 Å². The van der Waals surface area contributed by atoms with Crippen LogP contribution in [0.4, 0.5) is 17.6 Å². The molecule has 0 spiro atoms. The molecule has 20 heavy (non-hydrogen) atoms. The number of hydrogen-bond donors (Lipinski definition) is 0. The largest absolute Gasteiger partial charge is 0.456 e. The molecule has 0 aliphatic rings. The fourth-order valence-corrected chi connectivity index (χ4v) is 1.54. The van der Waals surface area contributed by atoms with E-state index in [2.05, 4.69) is 0 Å². The van der Waals surface area contributed by atoms with E-state index in [0.717, 1.165) is 24.3 Å². The van der Waals surface area contributed by atoms with Gasteiger partial charge in [-0.15, -0.1) is 0 Å². The van der Waals surface area contributed by atoms with Crippen molar-refractivity contribution < 1.29 is 22.3 Å². The van der Waals surface area contributed by atoms with Crippen LogP contribution in [0.15, 0.2) is 42.5 Å². The van der Waals surface area contributed by atoms with Crippen LogP contribution in [0.5, 0.6) is 11.5 Å². The number of nitrogens with zero attached hydrogens (tertiary/aromatic N) is 1. The molecule has 0 unspecified atom stereocenters. The van der Waals surface area contributed by atoms with E-state index in [1.165, 1.54) is 18.2 Å². The van der Waals surface area contributed by atoms with E-state index in [4.69, 9.17) is 10.00 Å². The Morgan fingerprint density at radius 2 is 1.80 bits per heavy atom. The van der Waals surface area contributed by atoms with Gasteiger partial charge in [0.25, 0.3) is 0 Å². The fourth-order valence-electron chi connectivity index (χ4n) is 1.54. The molecule has 0 fully saturated rings. The highest BCUT2D eigenvalue weighted by atomic mass is 19.4. The van der Waals surface area contributed by atoms with Crippen molar-refractivity contribution in [3.8, 4) is 17.6 Å². The van der Waals surface area contributed by atoms with Gasteiger partial charge in [0.15, 0.2) is 0 Å². The number of benzene rings is 2. The summed E-state index contributed by atoms with van der Waals surface area (Å²) in [4.78, 5) is 0. The van der Waals surface area contributed by atoms with Gasteiger partial charge in [0.2, 0.25) is 0 Å². The molecular weight excluding hydrogens is 274 g/mol. The van der Waals surface area contributed by atoms with Crippen LogP contribution < -0.4 is 4.74 Å². The van der Waals surface area contributed by atoms with Crippen molar-refractivity contribution >= 4 is 0 Å². The van der Waals surface area contributed by atoms with Crippen molar-refractivity contribution in [2.45, 2.75) is 6.18 Å². The van der Waals surface area contributed by atoms with Gasteiger partial charge in [-0.25, -0.2) is 4.39 Å². The molecular formula is C14H7F4NO. The van der Waals surface area contributed by atoms with E-state index in [-0.39, 0.29) is 17.1 Å². The van der Waals surface area contributed by atoms with E-state index < -0.39 is 17.6 Å². The number of alkyl halides is 3. The minimum Gasteiger partial charge on any atom is -0.456 e. The topological polar surface area (TPSA) is 33.0 Å². The molecule has 0 saturated heterocycles. The van der Waals surface area contributed by atoms with Crippen LogP contribution in [-0.2, 0) is 6.18 Å². The molecule has 0 bridgehead atoms. The molecule has 2 nitrogen and oxygen atoms in total. The van der Waals surface area contributed by atoms with Crippen molar-refractivity contribution in [1.82, 2.24) is 0 Å². The van der Waals surface area contributed by atoms with Crippen LogP contribution in [0, 0.1) is 17.1 Å². The van der Waals surface area contributed by atoms with Gasteiger partial charge in [-0.05, 0) is 36.4 Å². The lowest BCUT2D eigenvalue weighted by Crippen LogP contribution is -2.04. The first kappa shape index (κ1) is 13.9. The second kappa shape index (κ2) is 5.21. The van der Waals surface area contributed by atoms with E-state index >= 15 is 0 Å². The van der Waals surface area contributed by atoms with Gasteiger partial charge in [0, 0.05) is 0 Å². The first-order chi connectivity index (χ1) is 9.40. The van der Waals surface area contributed by atoms with Gasteiger partial charge in [-0.3, -0.25) is 0 Å². The van der Waals surface area contributed by atoms with Crippen LogP contribution in [0.25, 0.3) is 0 Å². The predicted molar refractivity (Wildman–Crippen MR) is 62.6 cm³/mol. The molecule has 0 heterocycles. The van der Waals surface area contributed by atoms with E-state index in [0.29, 0.717) is 0 Å². The SMILES string of the molecule is N#Cc1cc(F)ccc1Oc1cccc(C(F)(F)F)c1. The second-order valence-electron chi connectivity index (χ2n) is 3.88. The Kier molecular flexibility index (Phi) is 3.61. The quantitative estimate of drug-likeness (QED) is 0.759. The summed E-state index contributed by atoms with van der Waals surface area (Å²) in [6.45, 7) is 0. The Morgan fingerprint density at radius 1 is 1.05 bits per heavy atom. The third-order valence-corrected chi connectivity index (χ3v) is 2.45. The summed E-state index contributed by atoms with van der Waals surface area (Å²) in [6.07, 6.45) is -4.49. The second-order valence-corrected chi connectivity index (χ2v) is 3.88. The van der Waals surface area contributed by atoms with Crippen molar-refractivity contribution in [1.29, 1.82) is 5.26 Å². The molecule has 0 saturated carbocycles. The molecule has 6 heteroatoms. The molecule has 0 atom stereocenters. The van der Waals surface area contributed by atoms with Crippen molar-refractivity contribution in [3.63, 3.8) is 0 Å². The van der Waals surface area contributed by atoms with Gasteiger partial charge < -0.3 is 4.74 Å². The maximum Gasteiger partial charge on any atom is 0.416 e. The highest BCUT2D eigenvalue weighted by molar-refractivity contribution is 5.46. The van der Waals surface area contributed by atoms with Gasteiger partial charge in [0.05, 0.1) is 11.1 Å². The van der Waals surface area contributed by atoms with Gasteiger partial charge in [-0.2, -0.15) is 18.4 Å². The summed E-state index contributed by atoms with van der Waals surface area (Å²) in [7, 11) is 0. The van der Waals surface area contributed by atoms with Gasteiger partial charge >= 0.3 is 6.18 Å². The number of rotatable bonds is 2. The zero-order valence-corrected chi connectivity index (χ0v) is 9.91. The maximum absolute atomic E-state index is 12.9. The zero-order valence-electron chi connectivity index (χ0n) is 9.91. The lowest BCUT2D eigenvalue weighted by Gasteiger charge is -2.10. The van der Waals surface area contributed by atoms with Crippen molar-refractivity contribution in [2.24, 2.45) is 0 Å². The first-order valence-electron chi connectivity index (χ1n) is 5.45. The average Bonchev–Trinajstić information content (AvgIpc) is 2.40. The van der Waals surface area contributed by atoms with Crippen LogP contribution >= 0.6 is 0 Å². The third-order valence-electron chi connectivity index (χ3n) is 2.45. The van der Waals surface area contributed by atoms with Crippen LogP contribution in [0.1, 0.15) is 11.1 Å². The summed E-state index contributed by atoms with van der Waals surface area (Å²) >= 11 is 0. The Bertz CT molecular complexity index is 674. The van der Waals surface area contributed by atoms with Crippen molar-refractivity contribution in [2.75, 3.05) is 0 Å². The Balaban J connectivity index is 2.34. The number of halogens is 4. The molecule has 2 aromatic rings. The Labute approximate surface area is 111 Å². The first-order valence-corrected chi connectivity index (χ1v) is 5.45. The Hall–Kier alpha value is -2.55. The predicted octanol–water partition coefficient (Wildman–Crippen LogP) is 4.51. The molecule has 2 rings (SSSR count). The van der Waals surface area contributed by atoms with Crippen LogP contribution in [0.3, 0.4) is 0 Å². The normalized spacial score (nSPS) is 10.9. The summed E-state index contributed by atoms with van der Waals surface area (Å²) < 4.78 is 55.8. The smallest absolute Gasteiger partial charge is 0.416 e. The van der Waals surface area contributed by atoms with Crippen LogP contribution in [-0.4, -0.2) is 0 Å². The molecule has 0 aliphatic heterocycles. The van der Waals surface area contributed by atoms with Crippen molar-refractivity contribution in [3.05, 3.63) is 59.4 Å². The third kappa shape index (κ3) is 3.06. The van der Waals surface area contributed by atoms with Gasteiger partial charge in [-0.1, -0.05) is 6.07 Å². The molecule has 102 valence electrons. The average molecular weight is 281 g/mol. The van der Waals surface area contributed by atoms with E-state index in [1.54, 1.807) is 6.07 Å². The fraction of sp³-hybridized carbons (Fsp3) is 0.0714. The van der Waals surface area contributed by atoms with Crippen LogP contribution in [0.2, 0.25) is 0 Å².